The van der Waals surface area contributed by atoms with Crippen LogP contribution in [-0.2, 0) is 36.6 Å². The van der Waals surface area contributed by atoms with E-state index in [0.717, 1.165) is 0 Å². The summed E-state index contributed by atoms with van der Waals surface area (Å²) in [5, 5.41) is 50.4. The summed E-state index contributed by atoms with van der Waals surface area (Å²) in [6.07, 6.45) is -0.0223. The van der Waals surface area contributed by atoms with Gasteiger partial charge in [-0.3, -0.25) is 59.8 Å². The number of anilines is 2. The molecule has 2 aromatic carbocycles. The molecule has 1 heterocycles. The van der Waals surface area contributed by atoms with Crippen LogP contribution in [0, 0.1) is 40.5 Å². The van der Waals surface area contributed by atoms with Crippen LogP contribution in [0.3, 0.4) is 0 Å². The highest BCUT2D eigenvalue weighted by molar-refractivity contribution is 5.85. The zero-order valence-electron chi connectivity index (χ0n) is 26.2. The lowest BCUT2D eigenvalue weighted by Crippen LogP contribution is -2.37. The lowest BCUT2D eigenvalue weighted by molar-refractivity contribution is -0.401. The number of carbonyl (C=O) groups excluding carboxylic acids is 2. The first kappa shape index (κ1) is 36.9. The van der Waals surface area contributed by atoms with E-state index in [9.17, 15) is 50.0 Å². The number of nitro groups is 4. The van der Waals surface area contributed by atoms with Crippen molar-refractivity contribution in [2.75, 3.05) is 79.1 Å². The van der Waals surface area contributed by atoms with Crippen molar-refractivity contribution in [3.63, 3.8) is 0 Å². The number of nitro benzene ring substituents is 4. The minimum atomic E-state index is -1.09. The highest BCUT2D eigenvalue weighted by Gasteiger charge is 2.34. The van der Waals surface area contributed by atoms with Crippen LogP contribution in [0.2, 0.25) is 0 Å². The summed E-state index contributed by atoms with van der Waals surface area (Å²) < 4.78 is 20.9. The predicted molar refractivity (Wildman–Crippen MR) is 164 cm³/mol. The van der Waals surface area contributed by atoms with Crippen molar-refractivity contribution in [3.8, 4) is 5.75 Å². The summed E-state index contributed by atoms with van der Waals surface area (Å²) in [7, 11) is 3.70. The van der Waals surface area contributed by atoms with Gasteiger partial charge in [0.15, 0.2) is 5.69 Å². The first-order chi connectivity index (χ1) is 22.8. The average molecular weight is 680 g/mol. The molecule has 260 valence electrons. The van der Waals surface area contributed by atoms with Gasteiger partial charge < -0.3 is 24.3 Å². The molecule has 0 radical (unpaired) electrons. The Morgan fingerprint density at radius 1 is 0.771 bits per heavy atom. The van der Waals surface area contributed by atoms with E-state index >= 15 is 0 Å². The standard InChI is InChI=1S/C27H33N7O14/c1-45-23(35)15-29-6-4-17-12-20(28-25-21(32(39)40)13-18(31(37)38)14-22(25)33(41)42)26(34(43)44)19(27(17)47-3)5-7-30(16-24(36)46-2)9-11-48-10-8-29/h12-14,28H,4-11,15-16H2,1-3H3. The van der Waals surface area contributed by atoms with Crippen molar-refractivity contribution in [1.29, 1.82) is 0 Å². The topological polar surface area (TPSA) is 262 Å². The third-order valence-corrected chi connectivity index (χ3v) is 7.40. The van der Waals surface area contributed by atoms with Gasteiger partial charge in [-0.05, 0) is 24.5 Å². The zero-order valence-corrected chi connectivity index (χ0v) is 26.2. The molecule has 0 aromatic heterocycles. The van der Waals surface area contributed by atoms with E-state index in [2.05, 4.69) is 5.32 Å². The van der Waals surface area contributed by atoms with E-state index in [4.69, 9.17) is 18.9 Å². The molecule has 0 amide bonds. The summed E-state index contributed by atoms with van der Waals surface area (Å²) in [5.74, 6) is -1.06. The molecule has 0 atom stereocenters. The maximum atomic E-state index is 12.6. The number of esters is 2. The van der Waals surface area contributed by atoms with Gasteiger partial charge in [0, 0.05) is 26.2 Å². The van der Waals surface area contributed by atoms with E-state index in [0.29, 0.717) is 17.7 Å². The molecule has 48 heavy (non-hydrogen) atoms. The number of rotatable bonds is 11. The summed E-state index contributed by atoms with van der Waals surface area (Å²) in [6, 6.07) is 2.24. The lowest BCUT2D eigenvalue weighted by Gasteiger charge is -2.25. The second kappa shape index (κ2) is 16.9. The molecule has 0 aliphatic carbocycles. The fourth-order valence-corrected chi connectivity index (χ4v) is 5.07. The van der Waals surface area contributed by atoms with Crippen LogP contribution in [0.25, 0.3) is 0 Å². The maximum Gasteiger partial charge on any atom is 0.319 e. The van der Waals surface area contributed by atoms with Crippen molar-refractivity contribution in [1.82, 2.24) is 9.80 Å². The Bertz CT molecular complexity index is 1550. The number of carbonyl (C=O) groups is 2. The Kier molecular flexibility index (Phi) is 13.0. The number of fused-ring (bicyclic) bond motifs is 2. The van der Waals surface area contributed by atoms with Crippen LogP contribution >= 0.6 is 0 Å². The molecular weight excluding hydrogens is 646 g/mol. The minimum Gasteiger partial charge on any atom is -0.496 e. The molecule has 0 saturated carbocycles. The third-order valence-electron chi connectivity index (χ3n) is 7.40. The average Bonchev–Trinajstić information content (AvgIpc) is 3.04. The first-order valence-corrected chi connectivity index (χ1v) is 14.2. The number of ether oxygens (including phenoxy) is 4. The van der Waals surface area contributed by atoms with Gasteiger partial charge in [0.05, 0.1) is 85.0 Å². The van der Waals surface area contributed by atoms with Gasteiger partial charge in [-0.15, -0.1) is 0 Å². The number of nitrogens with zero attached hydrogens (tertiary/aromatic N) is 6. The van der Waals surface area contributed by atoms with Crippen molar-refractivity contribution < 1.29 is 48.2 Å². The highest BCUT2D eigenvalue weighted by atomic mass is 16.6. The second-order valence-electron chi connectivity index (χ2n) is 10.3. The number of hydrogen-bond acceptors (Lipinski definition) is 17. The molecule has 1 aliphatic heterocycles. The third kappa shape index (κ3) is 9.27. The summed E-state index contributed by atoms with van der Waals surface area (Å²) in [4.78, 5) is 71.6. The molecule has 1 N–H and O–H groups in total. The Morgan fingerprint density at radius 2 is 1.29 bits per heavy atom. The Morgan fingerprint density at radius 3 is 1.73 bits per heavy atom. The Hall–Kier alpha value is -5.54. The maximum absolute atomic E-state index is 12.6. The van der Waals surface area contributed by atoms with Crippen LogP contribution in [0.1, 0.15) is 11.1 Å². The normalized spacial score (nSPS) is 14.6. The van der Waals surface area contributed by atoms with Gasteiger partial charge in [0.25, 0.3) is 11.4 Å². The smallest absolute Gasteiger partial charge is 0.319 e. The van der Waals surface area contributed by atoms with Crippen LogP contribution < -0.4 is 10.1 Å². The zero-order chi connectivity index (χ0) is 35.5. The van der Waals surface area contributed by atoms with Crippen LogP contribution in [0.15, 0.2) is 18.2 Å². The van der Waals surface area contributed by atoms with Crippen LogP contribution in [0.4, 0.5) is 34.1 Å². The molecular formula is C27H33N7O14. The quantitative estimate of drug-likeness (QED) is 0.202. The number of methoxy groups -OCH3 is 3. The fraction of sp³-hybridized carbons (Fsp3) is 0.481. The summed E-state index contributed by atoms with van der Waals surface area (Å²) in [5.41, 5.74) is -4.65. The molecule has 3 rings (SSSR count). The molecule has 21 heteroatoms. The van der Waals surface area contributed by atoms with E-state index < -0.39 is 65.8 Å². The number of nitrogens with one attached hydrogen (secondary N) is 1. The van der Waals surface area contributed by atoms with Gasteiger partial charge in [0.2, 0.25) is 0 Å². The molecule has 0 fully saturated rings. The van der Waals surface area contributed by atoms with Crippen LogP contribution in [0.5, 0.6) is 5.75 Å². The molecule has 1 aliphatic rings. The number of hydrogen-bond donors (Lipinski definition) is 1. The Balaban J connectivity index is 2.29. The first-order valence-electron chi connectivity index (χ1n) is 14.2. The highest BCUT2D eigenvalue weighted by Crippen LogP contribution is 2.45. The van der Waals surface area contributed by atoms with Crippen molar-refractivity contribution in [3.05, 3.63) is 69.8 Å². The van der Waals surface area contributed by atoms with Gasteiger partial charge in [-0.25, -0.2) is 0 Å². The fourth-order valence-electron chi connectivity index (χ4n) is 5.07. The SMILES string of the molecule is COC(=O)CN1CCOCCN(CC(=O)OC)CCc2c(OC)c(cc(Nc3c([N+](=O)[O-])cc([N+](=O)[O-])cc3[N+](=O)[O-])c2[N+](=O)[O-])CC1. The van der Waals surface area contributed by atoms with E-state index in [1.807, 2.05) is 0 Å². The van der Waals surface area contributed by atoms with Crippen molar-refractivity contribution in [2.24, 2.45) is 0 Å². The molecule has 2 aromatic rings. The molecule has 2 bridgehead atoms. The molecule has 21 nitrogen and oxygen atoms in total. The van der Waals surface area contributed by atoms with Crippen LogP contribution in [-0.4, -0.2) is 115 Å². The lowest BCUT2D eigenvalue weighted by atomic mass is 9.98. The van der Waals surface area contributed by atoms with Gasteiger partial charge >= 0.3 is 23.3 Å². The van der Waals surface area contributed by atoms with E-state index in [1.54, 1.807) is 9.80 Å². The van der Waals surface area contributed by atoms with Crippen molar-refractivity contribution in [2.45, 2.75) is 12.8 Å². The molecule has 0 spiro atoms. The van der Waals surface area contributed by atoms with Gasteiger partial charge in [-0.2, -0.15) is 0 Å². The van der Waals surface area contributed by atoms with E-state index in [1.165, 1.54) is 27.4 Å². The van der Waals surface area contributed by atoms with Gasteiger partial charge in [-0.1, -0.05) is 0 Å². The minimum absolute atomic E-state index is 0.0120. The molecule has 0 saturated heterocycles. The number of benzene rings is 2. The summed E-state index contributed by atoms with van der Waals surface area (Å²) >= 11 is 0. The molecule has 0 unspecified atom stereocenters. The summed E-state index contributed by atoms with van der Waals surface area (Å²) in [6.45, 7) is 0.713. The predicted octanol–water partition coefficient (Wildman–Crippen LogP) is 2.14. The number of non-ortho nitro benzene ring substituents is 1. The van der Waals surface area contributed by atoms with Crippen molar-refractivity contribution >= 4 is 46.1 Å². The second-order valence-corrected chi connectivity index (χ2v) is 10.3. The monoisotopic (exact) mass is 679 g/mol. The Labute approximate surface area is 271 Å². The van der Waals surface area contributed by atoms with E-state index in [-0.39, 0.29) is 76.6 Å². The van der Waals surface area contributed by atoms with Gasteiger partial charge in [0.1, 0.15) is 11.4 Å². The largest absolute Gasteiger partial charge is 0.496 e.